The molecule has 3 heteroatoms. The number of rotatable bonds is 7. The molecule has 2 heterocycles. The molecule has 5 aromatic rings. The van der Waals surface area contributed by atoms with Crippen LogP contribution in [0.25, 0.3) is 28.0 Å². The second-order valence-corrected chi connectivity index (χ2v) is 12.5. The number of benzene rings is 3. The summed E-state index contributed by atoms with van der Waals surface area (Å²) in [6.45, 7) is 13.0. The van der Waals surface area contributed by atoms with E-state index >= 15 is 0 Å². The van der Waals surface area contributed by atoms with Gasteiger partial charge in [-0.05, 0) is 148 Å². The summed E-state index contributed by atoms with van der Waals surface area (Å²) in [6.07, 6.45) is 8.73. The number of thiophene rings is 2. The Hall–Kier alpha value is -3.66. The normalized spacial score (nSPS) is 11.6. The fourth-order valence-electron chi connectivity index (χ4n) is 4.86. The lowest BCUT2D eigenvalue weighted by Gasteiger charge is -2.27. The Bertz CT molecular complexity index is 1660. The van der Waals surface area contributed by atoms with Crippen LogP contribution in [0.4, 0.5) is 17.1 Å². The predicted molar refractivity (Wildman–Crippen MR) is 176 cm³/mol. The van der Waals surface area contributed by atoms with Crippen LogP contribution in [-0.2, 0) is 0 Å². The Morgan fingerprint density at radius 2 is 1.10 bits per heavy atom. The van der Waals surface area contributed by atoms with Gasteiger partial charge in [-0.2, -0.15) is 0 Å². The maximum atomic E-state index is 2.38. The van der Waals surface area contributed by atoms with E-state index in [1.54, 1.807) is 0 Å². The van der Waals surface area contributed by atoms with Gasteiger partial charge in [0.1, 0.15) is 0 Å². The molecule has 0 fully saturated rings. The summed E-state index contributed by atoms with van der Waals surface area (Å²) in [4.78, 5) is 7.58. The molecule has 0 bridgehead atoms. The Morgan fingerprint density at radius 3 is 1.69 bits per heavy atom. The molecule has 0 saturated heterocycles. The zero-order chi connectivity index (χ0) is 27.5. The summed E-state index contributed by atoms with van der Waals surface area (Å²) < 4.78 is 0. The van der Waals surface area contributed by atoms with Crippen molar-refractivity contribution < 1.29 is 0 Å². The molecule has 0 aliphatic carbocycles. The van der Waals surface area contributed by atoms with E-state index < -0.39 is 0 Å². The van der Waals surface area contributed by atoms with Crippen molar-refractivity contribution in [2.75, 3.05) is 4.90 Å². The third-order valence-corrected chi connectivity index (χ3v) is 9.28. The topological polar surface area (TPSA) is 3.24 Å². The second-order valence-electron chi connectivity index (χ2n) is 10.2. The van der Waals surface area contributed by atoms with E-state index in [1.807, 2.05) is 22.7 Å². The van der Waals surface area contributed by atoms with E-state index in [2.05, 4.69) is 150 Å². The molecule has 1 nitrogen and oxygen atoms in total. The van der Waals surface area contributed by atoms with Crippen LogP contribution in [0.3, 0.4) is 0 Å². The minimum atomic E-state index is 1.17. The van der Waals surface area contributed by atoms with Crippen LogP contribution in [0.1, 0.15) is 50.1 Å². The number of nitrogens with zero attached hydrogens (tertiary/aromatic N) is 1. The van der Waals surface area contributed by atoms with Gasteiger partial charge in [0.25, 0.3) is 0 Å². The van der Waals surface area contributed by atoms with Gasteiger partial charge in [0, 0.05) is 36.6 Å². The van der Waals surface area contributed by atoms with Gasteiger partial charge >= 0.3 is 0 Å². The lowest BCUT2D eigenvalue weighted by Crippen LogP contribution is -2.11. The van der Waals surface area contributed by atoms with Gasteiger partial charge in [0.2, 0.25) is 0 Å². The minimum absolute atomic E-state index is 1.17. The summed E-state index contributed by atoms with van der Waals surface area (Å²) in [5.74, 6) is 0. The number of allylic oxidation sites excluding steroid dienone is 1. The van der Waals surface area contributed by atoms with Crippen molar-refractivity contribution >= 4 is 58.0 Å². The van der Waals surface area contributed by atoms with Crippen molar-refractivity contribution in [3.05, 3.63) is 128 Å². The van der Waals surface area contributed by atoms with Crippen LogP contribution >= 0.6 is 22.7 Å². The van der Waals surface area contributed by atoms with E-state index in [9.17, 15) is 0 Å². The van der Waals surface area contributed by atoms with E-state index in [-0.39, 0.29) is 0 Å². The zero-order valence-electron chi connectivity index (χ0n) is 23.6. The molecule has 0 spiro atoms. The highest BCUT2D eigenvalue weighted by atomic mass is 32.1. The van der Waals surface area contributed by atoms with E-state index in [1.165, 1.54) is 70.0 Å². The SMILES string of the molecule is CC=Cc1ccc(-c2ccc(C=Cc3ccc(N(c4cc(C)cc(C)c4)c4ccc(C)c(C)c4)cc3C)s2)s1. The smallest absolute Gasteiger partial charge is 0.0466 e. The molecule has 5 rings (SSSR count). The number of hydrogen-bond donors (Lipinski definition) is 0. The second kappa shape index (κ2) is 11.6. The first-order valence-corrected chi connectivity index (χ1v) is 15.0. The van der Waals surface area contributed by atoms with Crippen LogP contribution < -0.4 is 4.90 Å². The number of anilines is 3. The lowest BCUT2D eigenvalue weighted by atomic mass is 10.0. The summed E-state index contributed by atoms with van der Waals surface area (Å²) in [5.41, 5.74) is 11.2. The molecule has 3 aromatic carbocycles. The fraction of sp³-hybridized carbons (Fsp3) is 0.167. The van der Waals surface area contributed by atoms with Gasteiger partial charge in [-0.15, -0.1) is 22.7 Å². The molecule has 196 valence electrons. The first-order valence-electron chi connectivity index (χ1n) is 13.4. The van der Waals surface area contributed by atoms with Gasteiger partial charge in [-0.1, -0.05) is 30.4 Å². The molecule has 0 unspecified atom stereocenters. The van der Waals surface area contributed by atoms with Crippen molar-refractivity contribution in [1.29, 1.82) is 0 Å². The lowest BCUT2D eigenvalue weighted by molar-refractivity contribution is 1.22. The molecule has 0 saturated carbocycles. The molecule has 0 amide bonds. The summed E-state index contributed by atoms with van der Waals surface area (Å²) >= 11 is 3.68. The maximum Gasteiger partial charge on any atom is 0.0466 e. The third kappa shape index (κ3) is 6.16. The monoisotopic (exact) mass is 545 g/mol. The number of aryl methyl sites for hydroxylation is 5. The van der Waals surface area contributed by atoms with Gasteiger partial charge in [0.05, 0.1) is 0 Å². The predicted octanol–water partition coefficient (Wildman–Crippen LogP) is 11.7. The van der Waals surface area contributed by atoms with Crippen LogP contribution in [0.2, 0.25) is 0 Å². The minimum Gasteiger partial charge on any atom is -0.310 e. The van der Waals surface area contributed by atoms with E-state index in [4.69, 9.17) is 0 Å². The highest BCUT2D eigenvalue weighted by Gasteiger charge is 2.15. The van der Waals surface area contributed by atoms with Crippen molar-refractivity contribution in [3.63, 3.8) is 0 Å². The van der Waals surface area contributed by atoms with Crippen LogP contribution in [0, 0.1) is 34.6 Å². The fourth-order valence-corrected chi connectivity index (χ4v) is 6.84. The van der Waals surface area contributed by atoms with Gasteiger partial charge in [-0.3, -0.25) is 0 Å². The Labute approximate surface area is 241 Å². The van der Waals surface area contributed by atoms with Gasteiger partial charge in [0.15, 0.2) is 0 Å². The van der Waals surface area contributed by atoms with Gasteiger partial charge in [-0.25, -0.2) is 0 Å². The van der Waals surface area contributed by atoms with Crippen LogP contribution in [0.5, 0.6) is 0 Å². The summed E-state index contributed by atoms with van der Waals surface area (Å²) in [6, 6.07) is 29.2. The molecular formula is C36H35NS2. The highest BCUT2D eigenvalue weighted by molar-refractivity contribution is 7.22. The Morgan fingerprint density at radius 1 is 0.513 bits per heavy atom. The van der Waals surface area contributed by atoms with Crippen molar-refractivity contribution in [1.82, 2.24) is 0 Å². The third-order valence-electron chi connectivity index (χ3n) is 6.98. The van der Waals surface area contributed by atoms with Gasteiger partial charge < -0.3 is 4.90 Å². The van der Waals surface area contributed by atoms with E-state index in [0.717, 1.165) is 0 Å². The first-order chi connectivity index (χ1) is 18.8. The molecule has 0 atom stereocenters. The van der Waals surface area contributed by atoms with Crippen LogP contribution in [-0.4, -0.2) is 0 Å². The molecule has 0 N–H and O–H groups in total. The van der Waals surface area contributed by atoms with Crippen molar-refractivity contribution in [3.8, 4) is 9.75 Å². The molecule has 39 heavy (non-hydrogen) atoms. The highest BCUT2D eigenvalue weighted by Crippen LogP contribution is 2.38. The zero-order valence-corrected chi connectivity index (χ0v) is 25.2. The Balaban J connectivity index is 1.45. The summed E-state index contributed by atoms with van der Waals surface area (Å²) in [5, 5.41) is 0. The van der Waals surface area contributed by atoms with Crippen LogP contribution in [0.15, 0.2) is 84.9 Å². The average molecular weight is 546 g/mol. The first kappa shape index (κ1) is 26.9. The summed E-state index contributed by atoms with van der Waals surface area (Å²) in [7, 11) is 0. The van der Waals surface area contributed by atoms with E-state index in [0.29, 0.717) is 0 Å². The molecular weight excluding hydrogens is 511 g/mol. The quantitative estimate of drug-likeness (QED) is 0.197. The number of hydrogen-bond acceptors (Lipinski definition) is 3. The molecule has 2 aromatic heterocycles. The standard InChI is InChI=1S/C36H35NS2/c1-7-8-33-15-17-35(38-33)36-18-16-34(39-36)14-11-29-10-13-31(23-28(29)6)37(30-12-9-26(4)27(5)22-30)32-20-24(2)19-25(3)21-32/h7-23H,1-6H3. The largest absolute Gasteiger partial charge is 0.310 e. The average Bonchev–Trinajstić information content (AvgIpc) is 3.55. The molecule has 0 aliphatic heterocycles. The molecule has 0 radical (unpaired) electrons. The molecule has 0 aliphatic rings. The van der Waals surface area contributed by atoms with Crippen molar-refractivity contribution in [2.24, 2.45) is 0 Å². The Kier molecular flexibility index (Phi) is 8.02. The maximum absolute atomic E-state index is 2.38. The van der Waals surface area contributed by atoms with Crippen molar-refractivity contribution in [2.45, 2.75) is 41.5 Å².